The molecule has 0 radical (unpaired) electrons. The maximum atomic E-state index is 14.1. The second-order valence-electron chi connectivity index (χ2n) is 4.66. The Bertz CT molecular complexity index is 608. The Labute approximate surface area is 117 Å². The number of nitrogens with zero attached hydrogens (tertiary/aromatic N) is 2. The summed E-state index contributed by atoms with van der Waals surface area (Å²) in [7, 11) is 1.61. The van der Waals surface area contributed by atoms with E-state index in [4.69, 9.17) is 4.74 Å². The van der Waals surface area contributed by atoms with Crippen LogP contribution in [0.3, 0.4) is 0 Å². The molecule has 0 amide bonds. The summed E-state index contributed by atoms with van der Waals surface area (Å²) >= 11 is 0. The van der Waals surface area contributed by atoms with Crippen molar-refractivity contribution in [3.8, 4) is 11.1 Å². The van der Waals surface area contributed by atoms with Crippen LogP contribution in [0.25, 0.3) is 11.1 Å². The molecule has 0 fully saturated rings. The Morgan fingerprint density at radius 2 is 1.95 bits per heavy atom. The Hall–Kier alpha value is -1.75. The Balaban J connectivity index is 2.46. The van der Waals surface area contributed by atoms with Crippen LogP contribution in [-0.2, 0) is 17.7 Å². The van der Waals surface area contributed by atoms with E-state index >= 15 is 0 Å². The molecule has 0 saturated carbocycles. The van der Waals surface area contributed by atoms with Crippen LogP contribution in [0.1, 0.15) is 18.2 Å². The van der Waals surface area contributed by atoms with Gasteiger partial charge in [-0.25, -0.2) is 8.78 Å². The van der Waals surface area contributed by atoms with E-state index in [9.17, 15) is 8.78 Å². The van der Waals surface area contributed by atoms with Crippen molar-refractivity contribution in [2.24, 2.45) is 0 Å². The van der Waals surface area contributed by atoms with Crippen molar-refractivity contribution in [3.05, 3.63) is 41.2 Å². The van der Waals surface area contributed by atoms with E-state index < -0.39 is 11.6 Å². The van der Waals surface area contributed by atoms with Gasteiger partial charge in [-0.3, -0.25) is 4.68 Å². The third-order valence-corrected chi connectivity index (χ3v) is 3.26. The van der Waals surface area contributed by atoms with Crippen molar-refractivity contribution in [2.75, 3.05) is 13.7 Å². The minimum Gasteiger partial charge on any atom is -0.383 e. The molecule has 108 valence electrons. The summed E-state index contributed by atoms with van der Waals surface area (Å²) in [6, 6.07) is 3.18. The normalized spacial score (nSPS) is 11.1. The molecule has 20 heavy (non-hydrogen) atoms. The molecule has 0 saturated heterocycles. The zero-order valence-electron chi connectivity index (χ0n) is 11.9. The van der Waals surface area contributed by atoms with E-state index in [1.807, 2.05) is 6.92 Å². The second-order valence-corrected chi connectivity index (χ2v) is 4.66. The van der Waals surface area contributed by atoms with E-state index in [1.165, 1.54) is 0 Å². The molecule has 0 atom stereocenters. The molecule has 2 aromatic rings. The van der Waals surface area contributed by atoms with Gasteiger partial charge in [-0.15, -0.1) is 0 Å². The van der Waals surface area contributed by atoms with Gasteiger partial charge in [-0.05, 0) is 18.9 Å². The van der Waals surface area contributed by atoms with E-state index in [-0.39, 0.29) is 5.56 Å². The number of methoxy groups -OCH3 is 1. The highest BCUT2D eigenvalue weighted by atomic mass is 19.2. The average molecular weight is 280 g/mol. The fourth-order valence-electron chi connectivity index (χ4n) is 2.10. The summed E-state index contributed by atoms with van der Waals surface area (Å²) in [6.07, 6.45) is 2.40. The molecule has 1 aromatic heterocycles. The summed E-state index contributed by atoms with van der Waals surface area (Å²) in [5.74, 6) is -1.61. The van der Waals surface area contributed by atoms with E-state index in [0.29, 0.717) is 30.7 Å². The molecule has 2 rings (SSSR count). The van der Waals surface area contributed by atoms with Crippen molar-refractivity contribution in [1.29, 1.82) is 0 Å². The lowest BCUT2D eigenvalue weighted by Crippen LogP contribution is -2.04. The topological polar surface area (TPSA) is 27.1 Å². The number of ether oxygens (including phenoxy) is 1. The van der Waals surface area contributed by atoms with Crippen LogP contribution in [0.15, 0.2) is 18.3 Å². The maximum Gasteiger partial charge on any atom is 0.167 e. The van der Waals surface area contributed by atoms with Crippen LogP contribution in [0.5, 0.6) is 0 Å². The third-order valence-electron chi connectivity index (χ3n) is 3.26. The summed E-state index contributed by atoms with van der Waals surface area (Å²) < 4.78 is 34.5. The quantitative estimate of drug-likeness (QED) is 0.840. The van der Waals surface area contributed by atoms with Crippen molar-refractivity contribution < 1.29 is 13.5 Å². The standard InChI is InChI=1S/C15H18F2N2O/c1-4-13-12(9-19(18-13)7-8-20-3)11-6-5-10(2)14(16)15(11)17/h5-6,9H,4,7-8H2,1-3H3. The lowest BCUT2D eigenvalue weighted by Gasteiger charge is -2.05. The van der Waals surface area contributed by atoms with Gasteiger partial charge in [-0.1, -0.05) is 19.1 Å². The second kappa shape index (κ2) is 6.13. The number of benzene rings is 1. The van der Waals surface area contributed by atoms with Gasteiger partial charge in [0.2, 0.25) is 0 Å². The maximum absolute atomic E-state index is 14.1. The summed E-state index contributed by atoms with van der Waals surface area (Å²) in [5.41, 5.74) is 1.95. The van der Waals surface area contributed by atoms with Gasteiger partial charge in [0.1, 0.15) is 0 Å². The van der Waals surface area contributed by atoms with Crippen molar-refractivity contribution in [3.63, 3.8) is 0 Å². The third kappa shape index (κ3) is 2.72. The Morgan fingerprint density at radius 1 is 1.20 bits per heavy atom. The molecule has 0 N–H and O–H groups in total. The molecule has 0 unspecified atom stereocenters. The van der Waals surface area contributed by atoms with Gasteiger partial charge in [0, 0.05) is 24.4 Å². The van der Waals surface area contributed by atoms with Crippen LogP contribution in [-0.4, -0.2) is 23.5 Å². The van der Waals surface area contributed by atoms with Crippen LogP contribution < -0.4 is 0 Å². The van der Waals surface area contributed by atoms with Crippen LogP contribution in [0.4, 0.5) is 8.78 Å². The zero-order chi connectivity index (χ0) is 14.7. The van der Waals surface area contributed by atoms with Gasteiger partial charge in [0.25, 0.3) is 0 Å². The number of aryl methyl sites for hydroxylation is 2. The van der Waals surface area contributed by atoms with Crippen molar-refractivity contribution in [2.45, 2.75) is 26.8 Å². The number of aromatic nitrogens is 2. The Kier molecular flexibility index (Phi) is 4.49. The smallest absolute Gasteiger partial charge is 0.167 e. The van der Waals surface area contributed by atoms with Gasteiger partial charge in [0.05, 0.1) is 18.8 Å². The van der Waals surface area contributed by atoms with E-state index in [0.717, 1.165) is 5.69 Å². The van der Waals surface area contributed by atoms with Crippen molar-refractivity contribution in [1.82, 2.24) is 9.78 Å². The molecule has 0 aliphatic heterocycles. The molecular weight excluding hydrogens is 262 g/mol. The number of rotatable bonds is 5. The van der Waals surface area contributed by atoms with Crippen LogP contribution >= 0.6 is 0 Å². The molecule has 5 heteroatoms. The minimum absolute atomic E-state index is 0.258. The lowest BCUT2D eigenvalue weighted by molar-refractivity contribution is 0.183. The van der Waals surface area contributed by atoms with E-state index in [1.54, 1.807) is 37.0 Å². The summed E-state index contributed by atoms with van der Waals surface area (Å²) in [4.78, 5) is 0. The molecule has 0 aliphatic carbocycles. The number of hydrogen-bond acceptors (Lipinski definition) is 2. The first-order valence-electron chi connectivity index (χ1n) is 6.58. The monoisotopic (exact) mass is 280 g/mol. The fourth-order valence-corrected chi connectivity index (χ4v) is 2.10. The Morgan fingerprint density at radius 3 is 2.60 bits per heavy atom. The summed E-state index contributed by atoms with van der Waals surface area (Å²) in [5, 5.41) is 4.38. The van der Waals surface area contributed by atoms with Crippen LogP contribution in [0, 0.1) is 18.6 Å². The largest absolute Gasteiger partial charge is 0.383 e. The first-order chi connectivity index (χ1) is 9.58. The first kappa shape index (κ1) is 14.7. The highest BCUT2D eigenvalue weighted by Crippen LogP contribution is 2.28. The average Bonchev–Trinajstić information content (AvgIpc) is 2.86. The molecule has 3 nitrogen and oxygen atoms in total. The molecule has 0 bridgehead atoms. The highest BCUT2D eigenvalue weighted by Gasteiger charge is 2.17. The SMILES string of the molecule is CCc1nn(CCOC)cc1-c1ccc(C)c(F)c1F. The van der Waals surface area contributed by atoms with Gasteiger partial charge in [-0.2, -0.15) is 5.10 Å². The molecule has 1 aromatic carbocycles. The predicted octanol–water partition coefficient (Wildman–Crippen LogP) is 3.35. The summed E-state index contributed by atoms with van der Waals surface area (Å²) in [6.45, 7) is 4.59. The lowest BCUT2D eigenvalue weighted by atomic mass is 10.0. The number of halogens is 2. The van der Waals surface area contributed by atoms with Crippen molar-refractivity contribution >= 4 is 0 Å². The van der Waals surface area contributed by atoms with E-state index in [2.05, 4.69) is 5.10 Å². The predicted molar refractivity (Wildman–Crippen MR) is 73.6 cm³/mol. The van der Waals surface area contributed by atoms with Gasteiger partial charge >= 0.3 is 0 Å². The number of hydrogen-bond donors (Lipinski definition) is 0. The van der Waals surface area contributed by atoms with Gasteiger partial charge < -0.3 is 4.74 Å². The molecule has 1 heterocycles. The van der Waals surface area contributed by atoms with Crippen LogP contribution in [0.2, 0.25) is 0 Å². The fraction of sp³-hybridized carbons (Fsp3) is 0.400. The van der Waals surface area contributed by atoms with Gasteiger partial charge in [0.15, 0.2) is 11.6 Å². The zero-order valence-corrected chi connectivity index (χ0v) is 11.9. The highest BCUT2D eigenvalue weighted by molar-refractivity contribution is 5.66. The molecule has 0 spiro atoms. The minimum atomic E-state index is -0.814. The first-order valence-corrected chi connectivity index (χ1v) is 6.58. The molecular formula is C15H18F2N2O. The molecule has 0 aliphatic rings.